The van der Waals surface area contributed by atoms with Gasteiger partial charge in [-0.15, -0.1) is 0 Å². The number of fused-ring (bicyclic) bond motifs is 1. The average molecular weight is 506 g/mol. The molecule has 0 atom stereocenters. The first-order chi connectivity index (χ1) is 17.5. The zero-order valence-corrected chi connectivity index (χ0v) is 20.9. The number of nitrogens with one attached hydrogen (secondary N) is 1. The smallest absolute Gasteiger partial charge is 0.243 e. The number of hydrogen-bond acceptors (Lipinski definition) is 6. The Labute approximate surface area is 210 Å². The third-order valence-corrected chi connectivity index (χ3v) is 8.11. The molecule has 5 rings (SSSR count). The van der Waals surface area contributed by atoms with Crippen LogP contribution in [0.25, 0.3) is 34.2 Å². The monoisotopic (exact) mass is 505 g/mol. The number of benzene rings is 3. The summed E-state index contributed by atoms with van der Waals surface area (Å²) in [6.45, 7) is 1.60. The van der Waals surface area contributed by atoms with E-state index in [0.717, 1.165) is 33.3 Å². The van der Waals surface area contributed by atoms with Crippen LogP contribution in [0.2, 0.25) is 0 Å². The summed E-state index contributed by atoms with van der Waals surface area (Å²) in [5.41, 5.74) is 4.53. The standard InChI is InChI=1S/C27H27N3O5S/c1-33-22-15-19(16-23(18-22)34-2)3-10-26-25-9-6-21(17-27(25)29-28-26)20-4-7-24(8-5-20)36(31,32)30-11-13-35-14-12-30/h3-10,15-18H,11-14H2,1-2H3,(H,28,29)/b10-3+. The number of hydrogen-bond donors (Lipinski definition) is 1. The molecule has 4 aromatic rings. The van der Waals surface area contributed by atoms with E-state index in [0.29, 0.717) is 37.8 Å². The van der Waals surface area contributed by atoms with Crippen LogP contribution in [0, 0.1) is 0 Å². The summed E-state index contributed by atoms with van der Waals surface area (Å²) in [5.74, 6) is 1.43. The van der Waals surface area contributed by atoms with Crippen LogP contribution < -0.4 is 9.47 Å². The van der Waals surface area contributed by atoms with Gasteiger partial charge in [0.2, 0.25) is 10.0 Å². The highest BCUT2D eigenvalue weighted by atomic mass is 32.2. The average Bonchev–Trinajstić information content (AvgIpc) is 3.34. The van der Waals surface area contributed by atoms with Crippen LogP contribution in [0.1, 0.15) is 11.3 Å². The molecule has 1 fully saturated rings. The van der Waals surface area contributed by atoms with Gasteiger partial charge in [0, 0.05) is 24.5 Å². The normalized spacial score (nSPS) is 14.9. The van der Waals surface area contributed by atoms with E-state index in [1.54, 1.807) is 26.4 Å². The van der Waals surface area contributed by atoms with Crippen molar-refractivity contribution >= 4 is 33.1 Å². The number of aromatic amines is 1. The fraction of sp³-hybridized carbons (Fsp3) is 0.222. The summed E-state index contributed by atoms with van der Waals surface area (Å²) < 4.78 is 43.2. The van der Waals surface area contributed by atoms with Crippen LogP contribution in [0.3, 0.4) is 0 Å². The molecule has 8 nitrogen and oxygen atoms in total. The third-order valence-electron chi connectivity index (χ3n) is 6.20. The van der Waals surface area contributed by atoms with Gasteiger partial charge in [-0.25, -0.2) is 8.42 Å². The van der Waals surface area contributed by atoms with Crippen molar-refractivity contribution in [3.63, 3.8) is 0 Å². The largest absolute Gasteiger partial charge is 0.497 e. The number of sulfonamides is 1. The van der Waals surface area contributed by atoms with Gasteiger partial charge in [0.25, 0.3) is 0 Å². The van der Waals surface area contributed by atoms with Gasteiger partial charge in [-0.1, -0.05) is 24.3 Å². The van der Waals surface area contributed by atoms with Gasteiger partial charge in [-0.3, -0.25) is 5.10 Å². The molecule has 0 radical (unpaired) electrons. The summed E-state index contributed by atoms with van der Waals surface area (Å²) in [6.07, 6.45) is 3.90. The molecule has 1 aromatic heterocycles. The van der Waals surface area contributed by atoms with Crippen LogP contribution in [0.15, 0.2) is 65.6 Å². The van der Waals surface area contributed by atoms with E-state index in [9.17, 15) is 8.42 Å². The van der Waals surface area contributed by atoms with Crippen molar-refractivity contribution < 1.29 is 22.6 Å². The number of nitrogens with zero attached hydrogens (tertiary/aromatic N) is 2. The van der Waals surface area contributed by atoms with Gasteiger partial charge in [-0.05, 0) is 59.2 Å². The molecule has 1 aliphatic heterocycles. The lowest BCUT2D eigenvalue weighted by atomic mass is 10.0. The predicted molar refractivity (Wildman–Crippen MR) is 140 cm³/mol. The Morgan fingerprint density at radius 2 is 1.56 bits per heavy atom. The minimum absolute atomic E-state index is 0.289. The molecule has 0 spiro atoms. The molecule has 1 N–H and O–H groups in total. The molecule has 2 heterocycles. The molecular weight excluding hydrogens is 478 g/mol. The molecule has 0 unspecified atom stereocenters. The maximum Gasteiger partial charge on any atom is 0.243 e. The number of methoxy groups -OCH3 is 2. The molecule has 0 bridgehead atoms. The van der Waals surface area contributed by atoms with E-state index in [1.165, 1.54) is 4.31 Å². The fourth-order valence-electron chi connectivity index (χ4n) is 4.20. The Morgan fingerprint density at radius 1 is 0.889 bits per heavy atom. The number of rotatable bonds is 7. The van der Waals surface area contributed by atoms with Gasteiger partial charge in [0.15, 0.2) is 0 Å². The Hall–Kier alpha value is -3.66. The fourth-order valence-corrected chi connectivity index (χ4v) is 5.61. The number of aromatic nitrogens is 2. The summed E-state index contributed by atoms with van der Waals surface area (Å²) >= 11 is 0. The van der Waals surface area contributed by atoms with Crippen molar-refractivity contribution in [1.82, 2.24) is 14.5 Å². The Balaban J connectivity index is 1.37. The second kappa shape index (κ2) is 10.1. The zero-order valence-electron chi connectivity index (χ0n) is 20.1. The molecule has 1 saturated heterocycles. The Bertz CT molecular complexity index is 1480. The van der Waals surface area contributed by atoms with Crippen LogP contribution in [-0.4, -0.2) is 63.4 Å². The minimum atomic E-state index is -3.52. The van der Waals surface area contributed by atoms with E-state index < -0.39 is 10.0 Å². The second-order valence-corrected chi connectivity index (χ2v) is 10.3. The lowest BCUT2D eigenvalue weighted by Gasteiger charge is -2.26. The highest BCUT2D eigenvalue weighted by Gasteiger charge is 2.26. The number of ether oxygens (including phenoxy) is 3. The highest BCUT2D eigenvalue weighted by molar-refractivity contribution is 7.89. The van der Waals surface area contributed by atoms with Gasteiger partial charge in [-0.2, -0.15) is 9.40 Å². The maximum atomic E-state index is 12.9. The first kappa shape index (κ1) is 24.1. The van der Waals surface area contributed by atoms with Crippen LogP contribution in [-0.2, 0) is 14.8 Å². The number of H-pyrrole nitrogens is 1. The van der Waals surface area contributed by atoms with Crippen molar-refractivity contribution in [3.8, 4) is 22.6 Å². The molecule has 0 amide bonds. The quantitative estimate of drug-likeness (QED) is 0.399. The maximum absolute atomic E-state index is 12.9. The van der Waals surface area contributed by atoms with Gasteiger partial charge in [0.1, 0.15) is 11.5 Å². The molecule has 1 aliphatic rings. The summed E-state index contributed by atoms with van der Waals surface area (Å²) in [7, 11) is -0.271. The predicted octanol–water partition coefficient (Wildman–Crippen LogP) is 4.44. The first-order valence-electron chi connectivity index (χ1n) is 11.6. The molecule has 186 valence electrons. The van der Waals surface area contributed by atoms with Crippen molar-refractivity contribution in [2.24, 2.45) is 0 Å². The summed E-state index contributed by atoms with van der Waals surface area (Å²) in [6, 6.07) is 18.7. The molecule has 0 saturated carbocycles. The number of morpholine rings is 1. The van der Waals surface area contributed by atoms with Crippen LogP contribution >= 0.6 is 0 Å². The molecule has 9 heteroatoms. The van der Waals surface area contributed by atoms with E-state index in [4.69, 9.17) is 14.2 Å². The molecule has 36 heavy (non-hydrogen) atoms. The topological polar surface area (TPSA) is 93.8 Å². The van der Waals surface area contributed by atoms with Crippen LogP contribution in [0.5, 0.6) is 11.5 Å². The minimum Gasteiger partial charge on any atom is -0.497 e. The van der Waals surface area contributed by atoms with Crippen molar-refractivity contribution in [1.29, 1.82) is 0 Å². The van der Waals surface area contributed by atoms with Crippen LogP contribution in [0.4, 0.5) is 0 Å². The lowest BCUT2D eigenvalue weighted by Crippen LogP contribution is -2.40. The lowest BCUT2D eigenvalue weighted by molar-refractivity contribution is 0.0730. The van der Waals surface area contributed by atoms with E-state index in [-0.39, 0.29) is 4.90 Å². The van der Waals surface area contributed by atoms with Crippen molar-refractivity contribution in [3.05, 3.63) is 71.9 Å². The van der Waals surface area contributed by atoms with Gasteiger partial charge < -0.3 is 14.2 Å². The molecule has 3 aromatic carbocycles. The Morgan fingerprint density at radius 3 is 2.22 bits per heavy atom. The zero-order chi connectivity index (χ0) is 25.1. The van der Waals surface area contributed by atoms with Crippen molar-refractivity contribution in [2.45, 2.75) is 4.90 Å². The molecule has 0 aliphatic carbocycles. The SMILES string of the molecule is COc1cc(/C=C/c2n[nH]c3cc(-c4ccc(S(=O)(=O)N5CCOCC5)cc4)ccc23)cc(OC)c1. The second-order valence-electron chi connectivity index (χ2n) is 8.39. The molecular formula is C27H27N3O5S. The summed E-state index contributed by atoms with van der Waals surface area (Å²) in [5, 5.41) is 8.54. The van der Waals surface area contributed by atoms with Gasteiger partial charge >= 0.3 is 0 Å². The highest BCUT2D eigenvalue weighted by Crippen LogP contribution is 2.28. The van der Waals surface area contributed by atoms with Gasteiger partial charge in [0.05, 0.1) is 43.5 Å². The third kappa shape index (κ3) is 4.86. The Kier molecular flexibility index (Phi) is 6.77. The summed E-state index contributed by atoms with van der Waals surface area (Å²) in [4.78, 5) is 0.289. The van der Waals surface area contributed by atoms with Crippen molar-refractivity contribution in [2.75, 3.05) is 40.5 Å². The van der Waals surface area contributed by atoms with E-state index in [2.05, 4.69) is 10.2 Å². The van der Waals surface area contributed by atoms with E-state index in [1.807, 2.05) is 60.7 Å². The first-order valence-corrected chi connectivity index (χ1v) is 13.0. The van der Waals surface area contributed by atoms with E-state index >= 15 is 0 Å².